The molecule has 2 heterocycles. The van der Waals surface area contributed by atoms with Crippen molar-refractivity contribution in [3.05, 3.63) is 42.1 Å². The summed E-state index contributed by atoms with van der Waals surface area (Å²) in [7, 11) is 2.06. The molecule has 0 saturated carbocycles. The van der Waals surface area contributed by atoms with Crippen molar-refractivity contribution in [2.24, 2.45) is 0 Å². The minimum absolute atomic E-state index is 0.875. The van der Waals surface area contributed by atoms with Crippen LogP contribution in [0.2, 0.25) is 0 Å². The highest BCUT2D eigenvalue weighted by atomic mass is 15.3. The van der Waals surface area contributed by atoms with Crippen LogP contribution in [0.5, 0.6) is 0 Å². The van der Waals surface area contributed by atoms with Crippen LogP contribution >= 0.6 is 0 Å². The predicted molar refractivity (Wildman–Crippen MR) is 92.0 cm³/mol. The summed E-state index contributed by atoms with van der Waals surface area (Å²) in [6.07, 6.45) is 5.11. The van der Waals surface area contributed by atoms with Crippen molar-refractivity contribution < 1.29 is 0 Å². The van der Waals surface area contributed by atoms with Crippen molar-refractivity contribution in [3.63, 3.8) is 0 Å². The Kier molecular flexibility index (Phi) is 4.56. The Morgan fingerprint density at radius 2 is 1.64 bits per heavy atom. The molecule has 22 heavy (non-hydrogen) atoms. The van der Waals surface area contributed by atoms with Crippen LogP contribution in [0.3, 0.4) is 0 Å². The van der Waals surface area contributed by atoms with E-state index in [-0.39, 0.29) is 0 Å². The van der Waals surface area contributed by atoms with Gasteiger partial charge in [0.1, 0.15) is 5.82 Å². The maximum absolute atomic E-state index is 4.82. The van der Waals surface area contributed by atoms with Gasteiger partial charge in [-0.05, 0) is 31.9 Å². The summed E-state index contributed by atoms with van der Waals surface area (Å²) in [4.78, 5) is 13.9. The molecule has 0 radical (unpaired) electrons. The smallest absolute Gasteiger partial charge is 0.227 e. The van der Waals surface area contributed by atoms with Crippen LogP contribution < -0.4 is 9.80 Å². The zero-order valence-corrected chi connectivity index (χ0v) is 13.5. The Balaban J connectivity index is 1.89. The number of rotatable bonds is 3. The molecule has 0 atom stereocenters. The molecule has 116 valence electrons. The molecule has 0 bridgehead atoms. The average Bonchev–Trinajstić information content (AvgIpc) is 2.84. The van der Waals surface area contributed by atoms with Crippen molar-refractivity contribution >= 4 is 17.5 Å². The largest absolute Gasteiger partial charge is 0.341 e. The standard InChI is InChI=1S/C18H24N4/c1-15-14-17(21(2)16-10-6-5-7-11-16)20-18(19-15)22-12-8-3-4-9-13-22/h5-7,10-11,14H,3-4,8-9,12-13H2,1-2H3. The molecular formula is C18H24N4. The Hall–Kier alpha value is -2.10. The molecule has 1 aliphatic heterocycles. The van der Waals surface area contributed by atoms with Crippen molar-refractivity contribution in [2.75, 3.05) is 29.9 Å². The molecule has 0 N–H and O–H groups in total. The Labute approximate surface area is 132 Å². The molecule has 1 aromatic heterocycles. The number of para-hydroxylation sites is 1. The second-order valence-corrected chi connectivity index (χ2v) is 5.96. The van der Waals surface area contributed by atoms with E-state index in [9.17, 15) is 0 Å². The molecule has 3 rings (SSSR count). The SMILES string of the molecule is Cc1cc(N(C)c2ccccc2)nc(N2CCCCCC2)n1. The number of anilines is 3. The molecule has 1 fully saturated rings. The van der Waals surface area contributed by atoms with E-state index in [0.717, 1.165) is 36.2 Å². The van der Waals surface area contributed by atoms with Gasteiger partial charge in [-0.1, -0.05) is 31.0 Å². The van der Waals surface area contributed by atoms with Crippen LogP contribution in [-0.4, -0.2) is 30.1 Å². The molecule has 4 nitrogen and oxygen atoms in total. The first-order chi connectivity index (χ1) is 10.7. The zero-order valence-electron chi connectivity index (χ0n) is 13.5. The number of benzene rings is 1. The molecule has 1 aliphatic rings. The zero-order chi connectivity index (χ0) is 15.4. The van der Waals surface area contributed by atoms with E-state index in [4.69, 9.17) is 4.98 Å². The van der Waals surface area contributed by atoms with Crippen LogP contribution in [-0.2, 0) is 0 Å². The Bertz CT molecular complexity index is 604. The number of aromatic nitrogens is 2. The fraction of sp³-hybridized carbons (Fsp3) is 0.444. The van der Waals surface area contributed by atoms with Crippen LogP contribution in [0.15, 0.2) is 36.4 Å². The molecule has 1 saturated heterocycles. The molecule has 1 aromatic carbocycles. The van der Waals surface area contributed by atoms with Crippen LogP contribution in [0.4, 0.5) is 17.5 Å². The first-order valence-corrected chi connectivity index (χ1v) is 8.13. The Morgan fingerprint density at radius 3 is 2.32 bits per heavy atom. The minimum Gasteiger partial charge on any atom is -0.341 e. The van der Waals surface area contributed by atoms with E-state index >= 15 is 0 Å². The maximum atomic E-state index is 4.82. The highest BCUT2D eigenvalue weighted by Crippen LogP contribution is 2.24. The summed E-state index contributed by atoms with van der Waals surface area (Å²) < 4.78 is 0. The van der Waals surface area contributed by atoms with E-state index in [1.165, 1.54) is 25.7 Å². The van der Waals surface area contributed by atoms with E-state index in [1.54, 1.807) is 0 Å². The quantitative estimate of drug-likeness (QED) is 0.859. The molecule has 2 aromatic rings. The average molecular weight is 296 g/mol. The molecule has 0 unspecified atom stereocenters. The fourth-order valence-electron chi connectivity index (χ4n) is 2.90. The third-order valence-electron chi connectivity index (χ3n) is 4.20. The normalized spacial score (nSPS) is 15.5. The lowest BCUT2D eigenvalue weighted by Gasteiger charge is -2.24. The van der Waals surface area contributed by atoms with E-state index in [1.807, 2.05) is 19.1 Å². The summed E-state index contributed by atoms with van der Waals surface area (Å²) in [5.74, 6) is 1.83. The van der Waals surface area contributed by atoms with Gasteiger partial charge in [0.05, 0.1) is 0 Å². The molecule has 4 heteroatoms. The number of aryl methyl sites for hydroxylation is 1. The monoisotopic (exact) mass is 296 g/mol. The van der Waals surface area contributed by atoms with Crippen LogP contribution in [0.1, 0.15) is 31.4 Å². The molecule has 0 spiro atoms. The summed E-state index contributed by atoms with van der Waals surface area (Å²) in [5, 5.41) is 0. The van der Waals surface area contributed by atoms with Crippen molar-refractivity contribution in [1.82, 2.24) is 9.97 Å². The highest BCUT2D eigenvalue weighted by molar-refractivity contribution is 5.60. The van der Waals surface area contributed by atoms with E-state index < -0.39 is 0 Å². The minimum atomic E-state index is 0.875. The van der Waals surface area contributed by atoms with Crippen LogP contribution in [0, 0.1) is 6.92 Å². The summed E-state index contributed by atoms with van der Waals surface area (Å²) in [6.45, 7) is 4.18. The highest BCUT2D eigenvalue weighted by Gasteiger charge is 2.15. The maximum Gasteiger partial charge on any atom is 0.227 e. The number of nitrogens with zero attached hydrogens (tertiary/aromatic N) is 4. The van der Waals surface area contributed by atoms with Crippen molar-refractivity contribution in [2.45, 2.75) is 32.6 Å². The van der Waals surface area contributed by atoms with Gasteiger partial charge in [0.15, 0.2) is 0 Å². The van der Waals surface area contributed by atoms with Gasteiger partial charge in [0, 0.05) is 37.6 Å². The topological polar surface area (TPSA) is 32.3 Å². The lowest BCUT2D eigenvalue weighted by atomic mass is 10.2. The van der Waals surface area contributed by atoms with E-state index in [0.29, 0.717) is 0 Å². The lowest BCUT2D eigenvalue weighted by Crippen LogP contribution is -2.27. The second kappa shape index (κ2) is 6.77. The number of hydrogen-bond donors (Lipinski definition) is 0. The third-order valence-corrected chi connectivity index (χ3v) is 4.20. The number of hydrogen-bond acceptors (Lipinski definition) is 4. The van der Waals surface area contributed by atoms with Gasteiger partial charge in [-0.2, -0.15) is 4.98 Å². The summed E-state index contributed by atoms with van der Waals surface area (Å²) in [6, 6.07) is 12.4. The van der Waals surface area contributed by atoms with Gasteiger partial charge >= 0.3 is 0 Å². The fourth-order valence-corrected chi connectivity index (χ4v) is 2.90. The lowest BCUT2D eigenvalue weighted by molar-refractivity contribution is 0.726. The van der Waals surface area contributed by atoms with Gasteiger partial charge in [-0.25, -0.2) is 4.98 Å². The summed E-state index contributed by atoms with van der Waals surface area (Å²) in [5.41, 5.74) is 2.16. The molecule has 0 amide bonds. The molecular weight excluding hydrogens is 272 g/mol. The first-order valence-electron chi connectivity index (χ1n) is 8.13. The van der Waals surface area contributed by atoms with Crippen LogP contribution in [0.25, 0.3) is 0 Å². The second-order valence-electron chi connectivity index (χ2n) is 5.96. The first kappa shape index (κ1) is 14.8. The van der Waals surface area contributed by atoms with Gasteiger partial charge in [0.2, 0.25) is 5.95 Å². The molecule has 0 aliphatic carbocycles. The van der Waals surface area contributed by atoms with Crippen molar-refractivity contribution in [1.29, 1.82) is 0 Å². The van der Waals surface area contributed by atoms with Crippen molar-refractivity contribution in [3.8, 4) is 0 Å². The van der Waals surface area contributed by atoms with E-state index in [2.05, 4.69) is 46.1 Å². The van der Waals surface area contributed by atoms with Gasteiger partial charge in [-0.3, -0.25) is 0 Å². The van der Waals surface area contributed by atoms with Gasteiger partial charge in [-0.15, -0.1) is 0 Å². The predicted octanol–water partition coefficient (Wildman–Crippen LogP) is 3.93. The van der Waals surface area contributed by atoms with Gasteiger partial charge in [0.25, 0.3) is 0 Å². The summed E-state index contributed by atoms with van der Waals surface area (Å²) >= 11 is 0. The Morgan fingerprint density at radius 1 is 0.955 bits per heavy atom. The third kappa shape index (κ3) is 3.38. The van der Waals surface area contributed by atoms with Gasteiger partial charge < -0.3 is 9.80 Å².